The maximum Gasteiger partial charge on any atom is 0.352 e. The molecule has 4 heterocycles. The summed E-state index contributed by atoms with van der Waals surface area (Å²) in [6.07, 6.45) is 1.81. The van der Waals surface area contributed by atoms with Crippen LogP contribution in [0, 0.1) is 0 Å². The second-order valence-corrected chi connectivity index (χ2v) is 17.8. The van der Waals surface area contributed by atoms with Crippen molar-refractivity contribution in [3.8, 4) is 5.75 Å². The average Bonchev–Trinajstić information content (AvgIpc) is 3.91. The number of aliphatic imine (C=N–C) groups is 1. The number of hydrogen-bond acceptors (Lipinski definition) is 14. The first-order valence-corrected chi connectivity index (χ1v) is 22.0. The number of aromatic nitrogens is 1. The Morgan fingerprint density at radius 3 is 2.37 bits per heavy atom. The number of aliphatic carboxylic acids is 2. The number of unbranched alkanes of at least 4 members (excludes halogenated alkanes) is 2. The lowest BCUT2D eigenvalue weighted by Crippen LogP contribution is -2.73. The number of amides is 3. The van der Waals surface area contributed by atoms with Crippen molar-refractivity contribution >= 4 is 95.9 Å². The summed E-state index contributed by atoms with van der Waals surface area (Å²) in [5.41, 5.74) is 3.36. The van der Waals surface area contributed by atoms with Crippen LogP contribution in [0.25, 0.3) is 10.2 Å². The number of hydrogen-bond donors (Lipinski definition) is 4. The molecule has 0 saturated carbocycles. The first kappa shape index (κ1) is 42.1. The van der Waals surface area contributed by atoms with Gasteiger partial charge in [0.25, 0.3) is 11.8 Å². The van der Waals surface area contributed by atoms with Crippen molar-refractivity contribution in [2.75, 3.05) is 43.7 Å². The van der Waals surface area contributed by atoms with E-state index in [2.05, 4.69) is 30.8 Å². The number of thioether (sulfide) groups is 1. The molecule has 3 aromatic carbocycles. The van der Waals surface area contributed by atoms with Gasteiger partial charge in [-0.25, -0.2) is 14.6 Å². The Kier molecular flexibility index (Phi) is 13.0. The van der Waals surface area contributed by atoms with Gasteiger partial charge in [0, 0.05) is 49.6 Å². The van der Waals surface area contributed by atoms with E-state index < -0.39 is 52.0 Å². The van der Waals surface area contributed by atoms with Gasteiger partial charge < -0.3 is 30.5 Å². The van der Waals surface area contributed by atoms with Crippen LogP contribution in [0.3, 0.4) is 0 Å². The van der Waals surface area contributed by atoms with Gasteiger partial charge in [0.2, 0.25) is 5.91 Å². The van der Waals surface area contributed by atoms with Crippen molar-refractivity contribution in [2.45, 2.75) is 43.1 Å². The quantitative estimate of drug-likeness (QED) is 0.0634. The monoisotopic (exact) mass is 872 g/mol. The second kappa shape index (κ2) is 18.5. The molecule has 60 heavy (non-hydrogen) atoms. The highest BCUT2D eigenvalue weighted by Gasteiger charge is 2.57. The number of azo groups is 1. The summed E-state index contributed by atoms with van der Waals surface area (Å²) in [4.78, 5) is 74.0. The number of ether oxygens (including phenoxy) is 1. The maximum atomic E-state index is 13.3. The fourth-order valence-corrected chi connectivity index (χ4v) is 10.3. The van der Waals surface area contributed by atoms with E-state index >= 15 is 0 Å². The number of carboxylic acids is 2. The molecule has 1 fully saturated rings. The van der Waals surface area contributed by atoms with E-state index in [1.807, 2.05) is 43.3 Å². The van der Waals surface area contributed by atoms with E-state index in [9.17, 15) is 38.4 Å². The molecule has 17 nitrogen and oxygen atoms in total. The van der Waals surface area contributed by atoms with Gasteiger partial charge in [0.05, 0.1) is 38.1 Å². The summed E-state index contributed by atoms with van der Waals surface area (Å²) in [7, 11) is 2.20. The molecule has 4 N–H and O–H groups in total. The standard InChI is InChI=1S/C40H40N8O9S3/c1-47(2)26-13-11-25(12-14-26)46-45-24-9-7-22(8-10-24)34(50)41-17-5-3-4-6-31(49)44-32-37(51)48-33(40(54)55)23(21-60(56)38(32)48)19-57-27-15-16-28-30(18-27)59-36(42-28)35-43-29(20-58-35)39(52)53/h7-16,18,29,32,38H,3-6,17,19-21H2,1-2H3,(H,41,50)(H,44,49)(H,52,53)(H,54,55)/t29-,32?,38?,60?/m1/s1. The van der Waals surface area contributed by atoms with Crippen molar-refractivity contribution in [3.05, 3.63) is 88.6 Å². The Morgan fingerprint density at radius 1 is 0.983 bits per heavy atom. The number of β-lactam (4-membered cyclic amide) rings is 1. The minimum Gasteiger partial charge on any atom is -0.489 e. The lowest BCUT2D eigenvalue weighted by atomic mass is 10.0. The van der Waals surface area contributed by atoms with Crippen LogP contribution in [-0.2, 0) is 30.0 Å². The zero-order valence-electron chi connectivity index (χ0n) is 32.4. The summed E-state index contributed by atoms with van der Waals surface area (Å²) >= 11 is 2.64. The Morgan fingerprint density at radius 2 is 1.70 bits per heavy atom. The number of anilines is 1. The Hall–Kier alpha value is -5.99. The van der Waals surface area contributed by atoms with E-state index in [1.165, 1.54) is 23.1 Å². The van der Waals surface area contributed by atoms with Crippen molar-refractivity contribution in [1.29, 1.82) is 0 Å². The molecule has 0 aliphatic carbocycles. The summed E-state index contributed by atoms with van der Waals surface area (Å²) in [5, 5.41) is 33.4. The van der Waals surface area contributed by atoms with E-state index in [4.69, 9.17) is 4.74 Å². The van der Waals surface area contributed by atoms with E-state index in [1.54, 1.807) is 42.5 Å². The predicted molar refractivity (Wildman–Crippen MR) is 228 cm³/mol. The lowest BCUT2D eigenvalue weighted by molar-refractivity contribution is -0.151. The average molecular weight is 873 g/mol. The highest BCUT2D eigenvalue weighted by molar-refractivity contribution is 8.15. The molecule has 4 atom stereocenters. The lowest BCUT2D eigenvalue weighted by Gasteiger charge is -2.49. The number of carboxylic acid groups (broad SMARTS) is 2. The van der Waals surface area contributed by atoms with Crippen molar-refractivity contribution in [3.63, 3.8) is 0 Å². The molecule has 20 heteroatoms. The first-order valence-electron chi connectivity index (χ1n) is 18.9. The number of thiazole rings is 1. The highest BCUT2D eigenvalue weighted by Crippen LogP contribution is 2.36. The highest BCUT2D eigenvalue weighted by atomic mass is 32.2. The van der Waals surface area contributed by atoms with Crippen LogP contribution >= 0.6 is 23.1 Å². The molecule has 1 aromatic heterocycles. The summed E-state index contributed by atoms with van der Waals surface area (Å²) in [5.74, 6) is -3.14. The van der Waals surface area contributed by atoms with E-state index in [0.717, 1.165) is 15.3 Å². The number of rotatable bonds is 17. The Bertz CT molecular complexity index is 2450. The summed E-state index contributed by atoms with van der Waals surface area (Å²) < 4.78 is 20.0. The van der Waals surface area contributed by atoms with Crippen LogP contribution in [0.4, 0.5) is 17.1 Å². The third-order valence-electron chi connectivity index (χ3n) is 9.76. The topological polar surface area (TPSA) is 233 Å². The smallest absolute Gasteiger partial charge is 0.352 e. The molecule has 1 saturated heterocycles. The molecule has 0 spiro atoms. The Balaban J connectivity index is 0.841. The minimum absolute atomic E-state index is 0.0923. The van der Waals surface area contributed by atoms with Crippen molar-refractivity contribution in [2.24, 2.45) is 15.2 Å². The molecule has 4 aromatic rings. The molecular formula is C40H40N8O9S3. The van der Waals surface area contributed by atoms with Crippen molar-refractivity contribution < 1.29 is 43.1 Å². The zero-order valence-corrected chi connectivity index (χ0v) is 34.8. The van der Waals surface area contributed by atoms with Crippen LogP contribution in [0.2, 0.25) is 0 Å². The van der Waals surface area contributed by atoms with Crippen LogP contribution < -0.4 is 20.3 Å². The van der Waals surface area contributed by atoms with Crippen molar-refractivity contribution in [1.82, 2.24) is 20.5 Å². The van der Waals surface area contributed by atoms with Crippen LogP contribution in [-0.4, -0.2) is 115 Å². The minimum atomic E-state index is -1.72. The normalized spacial score (nSPS) is 19.8. The number of fused-ring (bicyclic) bond motifs is 2. The number of carbonyl (C=O) groups excluding carboxylic acids is 3. The zero-order chi connectivity index (χ0) is 42.5. The summed E-state index contributed by atoms with van der Waals surface area (Å²) in [6, 6.07) is 17.6. The third-order valence-corrected chi connectivity index (χ3v) is 13.6. The third kappa shape index (κ3) is 9.55. The predicted octanol–water partition coefficient (Wildman–Crippen LogP) is 4.85. The SMILES string of the molecule is CN(C)c1ccc(N=Nc2ccc(C(=O)NCCCCCC(=O)NC3C(=O)N4C(C(=O)O)=C(COc5ccc6nc(C7=N[C@@H](C(=O)O)CS7)sc6c5)CS(=O)C34)cc2)cc1. The van der Waals surface area contributed by atoms with E-state index in [0.29, 0.717) is 69.8 Å². The van der Waals surface area contributed by atoms with Crippen LogP contribution in [0.15, 0.2) is 93.2 Å². The van der Waals surface area contributed by atoms with Gasteiger partial charge in [0.15, 0.2) is 6.04 Å². The fraction of sp³-hybridized carbons (Fsp3) is 0.325. The molecule has 3 aliphatic heterocycles. The van der Waals surface area contributed by atoms with Gasteiger partial charge in [-0.1, -0.05) is 6.42 Å². The van der Waals surface area contributed by atoms with E-state index in [-0.39, 0.29) is 36.0 Å². The molecule has 3 amide bonds. The maximum absolute atomic E-state index is 13.3. The molecule has 7 rings (SSSR count). The van der Waals surface area contributed by atoms with Gasteiger partial charge in [0.1, 0.15) is 39.5 Å². The number of nitrogens with zero attached hydrogens (tertiary/aromatic N) is 6. The number of benzene rings is 3. The van der Waals surface area contributed by atoms with Gasteiger partial charge in [-0.2, -0.15) is 10.2 Å². The second-order valence-electron chi connectivity index (χ2n) is 14.2. The molecule has 3 aliphatic rings. The van der Waals surface area contributed by atoms with Crippen LogP contribution in [0.1, 0.15) is 41.0 Å². The largest absolute Gasteiger partial charge is 0.489 e. The number of carbonyl (C=O) groups is 5. The molecular weight excluding hydrogens is 833 g/mol. The van der Waals surface area contributed by atoms with Gasteiger partial charge in [-0.3, -0.25) is 28.5 Å². The Labute approximate surface area is 354 Å². The molecule has 312 valence electrons. The molecule has 3 unspecified atom stereocenters. The molecule has 0 radical (unpaired) electrons. The summed E-state index contributed by atoms with van der Waals surface area (Å²) in [6.45, 7) is 0.152. The fourth-order valence-electron chi connectivity index (χ4n) is 6.59. The van der Waals surface area contributed by atoms with Gasteiger partial charge >= 0.3 is 11.9 Å². The van der Waals surface area contributed by atoms with Gasteiger partial charge in [-0.15, -0.1) is 23.1 Å². The molecule has 0 bridgehead atoms. The number of nitrogens with one attached hydrogen (secondary N) is 2. The van der Waals surface area contributed by atoms with Gasteiger partial charge in [-0.05, 0) is 79.6 Å². The first-order chi connectivity index (χ1) is 28.9. The van der Waals surface area contributed by atoms with Crippen LogP contribution in [0.5, 0.6) is 5.75 Å².